The Kier molecular flexibility index (Phi) is 7.81. The molecule has 38 heavy (non-hydrogen) atoms. The number of fused-ring (bicyclic) bond motifs is 1. The molecule has 200 valence electrons. The van der Waals surface area contributed by atoms with Crippen LogP contribution in [0.2, 0.25) is 0 Å². The third-order valence-corrected chi connectivity index (χ3v) is 7.25. The van der Waals surface area contributed by atoms with Crippen molar-refractivity contribution in [1.82, 2.24) is 9.80 Å². The first kappa shape index (κ1) is 26.0. The molecule has 3 aliphatic rings. The predicted octanol–water partition coefficient (Wildman–Crippen LogP) is 3.72. The summed E-state index contributed by atoms with van der Waals surface area (Å²) in [4.78, 5) is 30.6. The molecule has 0 bridgehead atoms. The molecule has 3 heterocycles. The van der Waals surface area contributed by atoms with E-state index in [4.69, 9.17) is 14.2 Å². The van der Waals surface area contributed by atoms with E-state index in [9.17, 15) is 14.7 Å². The quantitative estimate of drug-likeness (QED) is 0.234. The van der Waals surface area contributed by atoms with E-state index >= 15 is 0 Å². The summed E-state index contributed by atoms with van der Waals surface area (Å²) in [7, 11) is 0. The standard InChI is InChI=1S/C30H34N2O6/c1-3-15-37-24-8-5-21(6-9-24)27-26(28(33)22-7-10-25-23(19-22)18-20(2)38-25)29(34)30(35)32(27)12-4-11-31-13-16-36-17-14-31/h3,5-10,19-20,27,33H,1,4,11-18H2,2H3/t20-,27+/m1/s1. The fourth-order valence-electron chi connectivity index (χ4n) is 5.37. The highest BCUT2D eigenvalue weighted by Crippen LogP contribution is 2.41. The Morgan fingerprint density at radius 1 is 1.13 bits per heavy atom. The van der Waals surface area contributed by atoms with Gasteiger partial charge in [0.05, 0.1) is 24.8 Å². The molecule has 2 aromatic rings. The maximum absolute atomic E-state index is 13.4. The second-order valence-electron chi connectivity index (χ2n) is 9.92. The Morgan fingerprint density at radius 2 is 1.89 bits per heavy atom. The van der Waals surface area contributed by atoms with Gasteiger partial charge in [-0.25, -0.2) is 0 Å². The zero-order chi connectivity index (χ0) is 26.6. The van der Waals surface area contributed by atoms with Gasteiger partial charge >= 0.3 is 0 Å². The first-order valence-corrected chi connectivity index (χ1v) is 13.2. The Bertz CT molecular complexity index is 1230. The molecule has 1 N–H and O–H groups in total. The lowest BCUT2D eigenvalue weighted by atomic mass is 9.94. The first-order valence-electron chi connectivity index (χ1n) is 13.2. The van der Waals surface area contributed by atoms with Gasteiger partial charge in [0.2, 0.25) is 0 Å². The van der Waals surface area contributed by atoms with Gasteiger partial charge in [0.15, 0.2) is 0 Å². The van der Waals surface area contributed by atoms with Crippen LogP contribution < -0.4 is 9.47 Å². The molecule has 2 saturated heterocycles. The second-order valence-corrected chi connectivity index (χ2v) is 9.92. The summed E-state index contributed by atoms with van der Waals surface area (Å²) < 4.78 is 16.8. The van der Waals surface area contributed by atoms with Crippen molar-refractivity contribution in [3.8, 4) is 11.5 Å². The second kappa shape index (κ2) is 11.4. The van der Waals surface area contributed by atoms with Crippen molar-refractivity contribution >= 4 is 17.4 Å². The number of carbonyl (C=O) groups excluding carboxylic acids is 2. The van der Waals surface area contributed by atoms with E-state index in [2.05, 4.69) is 11.5 Å². The molecule has 3 aliphatic heterocycles. The van der Waals surface area contributed by atoms with Gasteiger partial charge in [0.25, 0.3) is 11.7 Å². The molecule has 1 amide bonds. The highest BCUT2D eigenvalue weighted by molar-refractivity contribution is 6.46. The van der Waals surface area contributed by atoms with Crippen molar-refractivity contribution in [1.29, 1.82) is 0 Å². The van der Waals surface area contributed by atoms with Crippen LogP contribution in [0, 0.1) is 0 Å². The number of hydrogen-bond acceptors (Lipinski definition) is 7. The van der Waals surface area contributed by atoms with E-state index < -0.39 is 17.7 Å². The molecule has 2 fully saturated rings. The zero-order valence-electron chi connectivity index (χ0n) is 21.7. The third kappa shape index (κ3) is 5.33. The normalized spacial score (nSPS) is 22.8. The molecule has 0 saturated carbocycles. The predicted molar refractivity (Wildman–Crippen MR) is 143 cm³/mol. The number of hydrogen-bond donors (Lipinski definition) is 1. The van der Waals surface area contributed by atoms with Gasteiger partial charge in [-0.15, -0.1) is 0 Å². The van der Waals surface area contributed by atoms with E-state index in [-0.39, 0.29) is 17.4 Å². The molecule has 5 rings (SSSR count). The molecular weight excluding hydrogens is 484 g/mol. The van der Waals surface area contributed by atoms with Crippen LogP contribution in [0.3, 0.4) is 0 Å². The van der Waals surface area contributed by atoms with E-state index in [1.807, 2.05) is 31.2 Å². The van der Waals surface area contributed by atoms with Crippen LogP contribution in [0.5, 0.6) is 11.5 Å². The van der Waals surface area contributed by atoms with Crippen LogP contribution in [0.1, 0.15) is 36.1 Å². The highest BCUT2D eigenvalue weighted by atomic mass is 16.5. The lowest BCUT2D eigenvalue weighted by Gasteiger charge is -2.29. The minimum Gasteiger partial charge on any atom is -0.507 e. The molecule has 2 aromatic carbocycles. The maximum Gasteiger partial charge on any atom is 0.295 e. The van der Waals surface area contributed by atoms with Gasteiger partial charge in [-0.3, -0.25) is 14.5 Å². The number of rotatable bonds is 9. The van der Waals surface area contributed by atoms with Crippen molar-refractivity contribution in [3.63, 3.8) is 0 Å². The fourth-order valence-corrected chi connectivity index (χ4v) is 5.37. The van der Waals surface area contributed by atoms with E-state index in [0.717, 1.165) is 42.9 Å². The number of Topliss-reactive ketones (excluding diaryl/α,β-unsaturated/α-hetero) is 1. The number of aliphatic hydroxyl groups is 1. The average molecular weight is 519 g/mol. The van der Waals surface area contributed by atoms with Gasteiger partial charge in [-0.2, -0.15) is 0 Å². The van der Waals surface area contributed by atoms with E-state index in [1.54, 1.807) is 29.2 Å². The van der Waals surface area contributed by atoms with Crippen LogP contribution in [-0.4, -0.2) is 78.7 Å². The van der Waals surface area contributed by atoms with E-state index in [0.29, 0.717) is 44.1 Å². The molecule has 0 spiro atoms. The topological polar surface area (TPSA) is 88.5 Å². The number of ketones is 1. The lowest BCUT2D eigenvalue weighted by molar-refractivity contribution is -0.140. The van der Waals surface area contributed by atoms with Crippen molar-refractivity contribution in [2.75, 3.05) is 46.0 Å². The first-order chi connectivity index (χ1) is 18.5. The number of amides is 1. The highest BCUT2D eigenvalue weighted by Gasteiger charge is 2.46. The summed E-state index contributed by atoms with van der Waals surface area (Å²) >= 11 is 0. The number of benzene rings is 2. The minimum atomic E-state index is -0.698. The summed E-state index contributed by atoms with van der Waals surface area (Å²) in [5.74, 6) is 0.00732. The summed E-state index contributed by atoms with van der Waals surface area (Å²) in [6.07, 6.45) is 3.15. The number of carbonyl (C=O) groups is 2. The molecule has 0 aliphatic carbocycles. The van der Waals surface area contributed by atoms with Gasteiger partial charge < -0.3 is 24.2 Å². The summed E-state index contributed by atoms with van der Waals surface area (Å²) in [6, 6.07) is 12.0. The largest absolute Gasteiger partial charge is 0.507 e. The number of ether oxygens (including phenoxy) is 3. The van der Waals surface area contributed by atoms with Gasteiger partial charge in [-0.1, -0.05) is 24.8 Å². The lowest BCUT2D eigenvalue weighted by Crippen LogP contribution is -2.38. The fraction of sp³-hybridized carbons (Fsp3) is 0.400. The maximum atomic E-state index is 13.4. The smallest absolute Gasteiger partial charge is 0.295 e. The average Bonchev–Trinajstić information content (AvgIpc) is 3.43. The number of aliphatic hydroxyl groups excluding tert-OH is 1. The third-order valence-electron chi connectivity index (χ3n) is 7.25. The van der Waals surface area contributed by atoms with Gasteiger partial charge in [0, 0.05) is 38.2 Å². The SMILES string of the molecule is C=CCOc1ccc([C@H]2C(=C(O)c3ccc4c(c3)C[C@@H](C)O4)C(=O)C(=O)N2CCCN2CCOCC2)cc1. The van der Waals surface area contributed by atoms with Crippen LogP contribution in [0.25, 0.3) is 5.76 Å². The molecule has 8 heteroatoms. The van der Waals surface area contributed by atoms with Crippen molar-refractivity contribution in [3.05, 3.63) is 77.4 Å². The molecule has 0 aromatic heterocycles. The summed E-state index contributed by atoms with van der Waals surface area (Å²) in [5, 5.41) is 11.4. The summed E-state index contributed by atoms with van der Waals surface area (Å²) in [6.45, 7) is 10.4. The Morgan fingerprint density at radius 3 is 2.63 bits per heavy atom. The Hall–Kier alpha value is -3.62. The van der Waals surface area contributed by atoms with Gasteiger partial charge in [-0.05, 0) is 54.8 Å². The van der Waals surface area contributed by atoms with Crippen LogP contribution in [-0.2, 0) is 20.7 Å². The number of likely N-dealkylation sites (tertiary alicyclic amines) is 1. The molecule has 0 radical (unpaired) electrons. The molecular formula is C30H34N2O6. The van der Waals surface area contributed by atoms with Crippen LogP contribution >= 0.6 is 0 Å². The van der Waals surface area contributed by atoms with Crippen molar-refractivity contribution < 1.29 is 28.9 Å². The number of nitrogens with zero attached hydrogens (tertiary/aromatic N) is 2. The zero-order valence-corrected chi connectivity index (χ0v) is 21.7. The molecule has 2 atom stereocenters. The molecule has 8 nitrogen and oxygen atoms in total. The minimum absolute atomic E-state index is 0.0567. The van der Waals surface area contributed by atoms with Crippen molar-refractivity contribution in [2.45, 2.75) is 31.9 Å². The van der Waals surface area contributed by atoms with Crippen LogP contribution in [0.4, 0.5) is 0 Å². The van der Waals surface area contributed by atoms with Gasteiger partial charge in [0.1, 0.15) is 30.0 Å². The number of morpholine rings is 1. The monoisotopic (exact) mass is 518 g/mol. The molecule has 0 unspecified atom stereocenters. The Balaban J connectivity index is 1.47. The van der Waals surface area contributed by atoms with Crippen LogP contribution in [0.15, 0.2) is 60.7 Å². The Labute approximate surface area is 223 Å². The summed E-state index contributed by atoms with van der Waals surface area (Å²) in [5.41, 5.74) is 2.32. The van der Waals surface area contributed by atoms with E-state index in [1.165, 1.54) is 0 Å². The van der Waals surface area contributed by atoms with Crippen molar-refractivity contribution in [2.24, 2.45) is 0 Å².